The molecular weight excluding hydrogens is 272 g/mol. The second-order valence-corrected chi connectivity index (χ2v) is 5.34. The van der Waals surface area contributed by atoms with Gasteiger partial charge in [0.2, 0.25) is 0 Å². The zero-order valence-electron chi connectivity index (χ0n) is 12.2. The maximum absolute atomic E-state index is 11.6. The first-order chi connectivity index (χ1) is 9.95. The summed E-state index contributed by atoms with van der Waals surface area (Å²) in [5, 5.41) is 19.0. The second-order valence-electron chi connectivity index (χ2n) is 5.34. The molecule has 21 heavy (non-hydrogen) atoms. The SMILES string of the molecule is COc1ccc(COC(C)(C(=O)O)C2C=C[C@@H](O)C2)cc1. The molecule has 0 spiro atoms. The maximum atomic E-state index is 11.6. The average molecular weight is 292 g/mol. The number of benzene rings is 1. The molecule has 1 aliphatic carbocycles. The van der Waals surface area contributed by atoms with Gasteiger partial charge in [0.25, 0.3) is 0 Å². The van der Waals surface area contributed by atoms with E-state index < -0.39 is 17.7 Å². The number of methoxy groups -OCH3 is 1. The van der Waals surface area contributed by atoms with Gasteiger partial charge in [0.1, 0.15) is 5.75 Å². The van der Waals surface area contributed by atoms with Crippen LogP contribution in [0.2, 0.25) is 0 Å². The molecule has 0 amide bonds. The third kappa shape index (κ3) is 3.43. The summed E-state index contributed by atoms with van der Waals surface area (Å²) < 4.78 is 10.8. The predicted molar refractivity (Wildman–Crippen MR) is 77.1 cm³/mol. The monoisotopic (exact) mass is 292 g/mol. The molecule has 1 aliphatic rings. The molecule has 0 aromatic heterocycles. The molecular formula is C16H20O5. The van der Waals surface area contributed by atoms with Crippen LogP contribution in [-0.2, 0) is 16.1 Å². The minimum atomic E-state index is -1.35. The number of carboxylic acids is 1. The van der Waals surface area contributed by atoms with Crippen molar-refractivity contribution in [3.63, 3.8) is 0 Å². The van der Waals surface area contributed by atoms with Crippen LogP contribution >= 0.6 is 0 Å². The summed E-state index contributed by atoms with van der Waals surface area (Å²) in [5.41, 5.74) is -0.487. The lowest BCUT2D eigenvalue weighted by Gasteiger charge is -2.30. The van der Waals surface area contributed by atoms with E-state index in [0.717, 1.165) is 11.3 Å². The summed E-state index contributed by atoms with van der Waals surface area (Å²) >= 11 is 0. The molecule has 0 saturated carbocycles. The predicted octanol–water partition coefficient (Wildman–Crippen LogP) is 1.99. The number of ether oxygens (including phenoxy) is 2. The molecule has 2 N–H and O–H groups in total. The number of carbonyl (C=O) groups is 1. The summed E-state index contributed by atoms with van der Waals surface area (Å²) in [6.45, 7) is 1.74. The van der Waals surface area contributed by atoms with Gasteiger partial charge in [-0.15, -0.1) is 0 Å². The summed E-state index contributed by atoms with van der Waals surface area (Å²) in [6.07, 6.45) is 3.10. The molecule has 5 nitrogen and oxygen atoms in total. The topological polar surface area (TPSA) is 76.0 Å². The van der Waals surface area contributed by atoms with Crippen LogP contribution in [0, 0.1) is 5.92 Å². The summed E-state index contributed by atoms with van der Waals surface area (Å²) in [5.74, 6) is -0.635. The van der Waals surface area contributed by atoms with E-state index in [1.165, 1.54) is 0 Å². The molecule has 0 fully saturated rings. The molecule has 3 atom stereocenters. The minimum absolute atomic E-state index is 0.188. The van der Waals surface area contributed by atoms with E-state index in [1.807, 2.05) is 12.1 Å². The van der Waals surface area contributed by atoms with Crippen molar-refractivity contribution in [2.75, 3.05) is 7.11 Å². The molecule has 1 aromatic rings. The standard InChI is InChI=1S/C16H20O5/c1-16(15(18)19,12-5-6-13(17)9-12)21-10-11-3-7-14(20-2)8-4-11/h3-8,12-13,17H,9-10H2,1-2H3,(H,18,19)/t12?,13-,16?/m1/s1. The summed E-state index contributed by atoms with van der Waals surface area (Å²) in [7, 11) is 1.59. The summed E-state index contributed by atoms with van der Waals surface area (Å²) in [4.78, 5) is 11.6. The Morgan fingerprint density at radius 1 is 1.33 bits per heavy atom. The fourth-order valence-electron chi connectivity index (χ4n) is 2.37. The first-order valence-corrected chi connectivity index (χ1v) is 6.82. The highest BCUT2D eigenvalue weighted by Gasteiger charge is 2.43. The van der Waals surface area contributed by atoms with Gasteiger partial charge >= 0.3 is 5.97 Å². The lowest BCUT2D eigenvalue weighted by Crippen LogP contribution is -2.44. The van der Waals surface area contributed by atoms with Crippen LogP contribution in [0.1, 0.15) is 18.9 Å². The van der Waals surface area contributed by atoms with Gasteiger partial charge in [-0.25, -0.2) is 4.79 Å². The number of aliphatic carboxylic acids is 1. The highest BCUT2D eigenvalue weighted by molar-refractivity contribution is 5.78. The Balaban J connectivity index is 2.06. The van der Waals surface area contributed by atoms with Crippen molar-refractivity contribution in [1.82, 2.24) is 0 Å². The van der Waals surface area contributed by atoms with Crippen molar-refractivity contribution < 1.29 is 24.5 Å². The van der Waals surface area contributed by atoms with Crippen LogP contribution < -0.4 is 4.74 Å². The van der Waals surface area contributed by atoms with E-state index in [0.29, 0.717) is 6.42 Å². The molecule has 0 aliphatic heterocycles. The fourth-order valence-corrected chi connectivity index (χ4v) is 2.37. The smallest absolute Gasteiger partial charge is 0.336 e. The average Bonchev–Trinajstić information content (AvgIpc) is 2.92. The number of hydrogen-bond acceptors (Lipinski definition) is 4. The molecule has 0 bridgehead atoms. The second kappa shape index (κ2) is 6.28. The fraction of sp³-hybridized carbons (Fsp3) is 0.438. The largest absolute Gasteiger partial charge is 0.497 e. The van der Waals surface area contributed by atoms with Gasteiger partial charge in [0.15, 0.2) is 5.60 Å². The normalized spacial score (nSPS) is 23.8. The van der Waals surface area contributed by atoms with Gasteiger partial charge in [-0.1, -0.05) is 24.3 Å². The van der Waals surface area contributed by atoms with E-state index in [1.54, 1.807) is 38.3 Å². The van der Waals surface area contributed by atoms with Crippen LogP contribution in [0.25, 0.3) is 0 Å². The van der Waals surface area contributed by atoms with Gasteiger partial charge in [-0.2, -0.15) is 0 Å². The minimum Gasteiger partial charge on any atom is -0.497 e. The van der Waals surface area contributed by atoms with Crippen LogP contribution in [0.4, 0.5) is 0 Å². The molecule has 114 valence electrons. The van der Waals surface area contributed by atoms with E-state index >= 15 is 0 Å². The molecule has 0 heterocycles. The number of rotatable bonds is 6. The van der Waals surface area contributed by atoms with E-state index in [4.69, 9.17) is 9.47 Å². The number of aliphatic hydroxyl groups is 1. The quantitative estimate of drug-likeness (QED) is 0.784. The number of carboxylic acid groups (broad SMARTS) is 1. The molecule has 0 radical (unpaired) electrons. The van der Waals surface area contributed by atoms with E-state index in [-0.39, 0.29) is 12.5 Å². The Hall–Kier alpha value is -1.85. The van der Waals surface area contributed by atoms with Crippen LogP contribution in [0.15, 0.2) is 36.4 Å². The maximum Gasteiger partial charge on any atom is 0.336 e. The van der Waals surface area contributed by atoms with Crippen LogP contribution in [-0.4, -0.2) is 35.0 Å². The van der Waals surface area contributed by atoms with Gasteiger partial charge in [0.05, 0.1) is 19.8 Å². The van der Waals surface area contributed by atoms with Crippen molar-refractivity contribution in [2.45, 2.75) is 31.7 Å². The van der Waals surface area contributed by atoms with Crippen LogP contribution in [0.5, 0.6) is 5.75 Å². The van der Waals surface area contributed by atoms with Gasteiger partial charge in [-0.05, 0) is 31.0 Å². The van der Waals surface area contributed by atoms with Gasteiger partial charge < -0.3 is 19.7 Å². The van der Waals surface area contributed by atoms with Crippen molar-refractivity contribution in [1.29, 1.82) is 0 Å². The Bertz CT molecular complexity index is 522. The van der Waals surface area contributed by atoms with Crippen molar-refractivity contribution in [2.24, 2.45) is 5.92 Å². The molecule has 0 saturated heterocycles. The van der Waals surface area contributed by atoms with Gasteiger partial charge in [-0.3, -0.25) is 0 Å². The Morgan fingerprint density at radius 3 is 2.48 bits per heavy atom. The zero-order valence-corrected chi connectivity index (χ0v) is 12.2. The molecule has 5 heteroatoms. The number of hydrogen-bond donors (Lipinski definition) is 2. The Morgan fingerprint density at radius 2 is 2.00 bits per heavy atom. The van der Waals surface area contributed by atoms with E-state index in [9.17, 15) is 15.0 Å². The van der Waals surface area contributed by atoms with Crippen LogP contribution in [0.3, 0.4) is 0 Å². The third-order valence-corrected chi connectivity index (χ3v) is 3.89. The highest BCUT2D eigenvalue weighted by atomic mass is 16.5. The van der Waals surface area contributed by atoms with Gasteiger partial charge in [0, 0.05) is 5.92 Å². The molecule has 2 unspecified atom stereocenters. The molecule has 2 rings (SSSR count). The Kier molecular flexibility index (Phi) is 4.65. The lowest BCUT2D eigenvalue weighted by atomic mass is 9.88. The summed E-state index contributed by atoms with van der Waals surface area (Å²) in [6, 6.07) is 7.27. The first kappa shape index (κ1) is 15.5. The van der Waals surface area contributed by atoms with Crippen molar-refractivity contribution >= 4 is 5.97 Å². The van der Waals surface area contributed by atoms with E-state index in [2.05, 4.69) is 0 Å². The Labute approximate surface area is 123 Å². The molecule has 1 aromatic carbocycles. The first-order valence-electron chi connectivity index (χ1n) is 6.82. The lowest BCUT2D eigenvalue weighted by molar-refractivity contribution is -0.171. The van der Waals surface area contributed by atoms with Crippen molar-refractivity contribution in [3.05, 3.63) is 42.0 Å². The number of aliphatic hydroxyl groups excluding tert-OH is 1. The zero-order chi connectivity index (χ0) is 15.5. The highest BCUT2D eigenvalue weighted by Crippen LogP contribution is 2.33. The van der Waals surface area contributed by atoms with Crippen molar-refractivity contribution in [3.8, 4) is 5.75 Å². The third-order valence-electron chi connectivity index (χ3n) is 3.89.